The van der Waals surface area contributed by atoms with E-state index >= 15 is 0 Å². The molecule has 0 saturated carbocycles. The van der Waals surface area contributed by atoms with Crippen LogP contribution in [0.1, 0.15) is 27.8 Å². The first-order chi connectivity index (χ1) is 15.3. The standard InChI is InChI=1S/C24H24F3O5P/c1-15-9-20(31-14-33(3,29)30)10-16(2)21(15)11-17-7-8-22(28)23(12-17)32-19-6-4-5-18(13-19)24(25,26)27/h4-10,12-13,28-30H,3,11,14H2,1-2H3. The number of hydrogen-bond acceptors (Lipinski definition) is 5. The molecule has 5 nitrogen and oxygen atoms in total. The van der Waals surface area contributed by atoms with Crippen LogP contribution in [0.5, 0.6) is 23.0 Å². The van der Waals surface area contributed by atoms with E-state index in [2.05, 4.69) is 6.30 Å². The highest BCUT2D eigenvalue weighted by Crippen LogP contribution is 2.37. The molecule has 3 N–H and O–H groups in total. The first-order valence-corrected chi connectivity index (χ1v) is 12.0. The highest BCUT2D eigenvalue weighted by atomic mass is 31.2. The van der Waals surface area contributed by atoms with Crippen molar-refractivity contribution in [3.63, 3.8) is 0 Å². The van der Waals surface area contributed by atoms with Crippen LogP contribution in [0.25, 0.3) is 0 Å². The molecule has 0 unspecified atom stereocenters. The number of alkyl halides is 3. The van der Waals surface area contributed by atoms with Crippen LogP contribution in [0, 0.1) is 13.8 Å². The fourth-order valence-electron chi connectivity index (χ4n) is 3.31. The number of ether oxygens (including phenoxy) is 2. The van der Waals surface area contributed by atoms with Gasteiger partial charge in [0.25, 0.3) is 0 Å². The van der Waals surface area contributed by atoms with Crippen molar-refractivity contribution in [1.29, 1.82) is 0 Å². The average Bonchev–Trinajstić information content (AvgIpc) is 2.70. The van der Waals surface area contributed by atoms with Crippen LogP contribution in [0.3, 0.4) is 0 Å². The van der Waals surface area contributed by atoms with Crippen LogP contribution in [-0.4, -0.2) is 27.5 Å². The molecule has 0 aliphatic carbocycles. The number of hydrogen-bond donors (Lipinski definition) is 3. The third-order valence-corrected chi connectivity index (χ3v) is 5.44. The van der Waals surface area contributed by atoms with Crippen molar-refractivity contribution in [2.24, 2.45) is 0 Å². The Morgan fingerprint density at radius 1 is 0.939 bits per heavy atom. The van der Waals surface area contributed by atoms with Crippen molar-refractivity contribution in [3.05, 3.63) is 82.4 Å². The summed E-state index contributed by atoms with van der Waals surface area (Å²) < 4.78 is 49.9. The lowest BCUT2D eigenvalue weighted by atomic mass is 9.95. The van der Waals surface area contributed by atoms with E-state index in [1.165, 1.54) is 18.2 Å². The van der Waals surface area contributed by atoms with Crippen LogP contribution in [-0.2, 0) is 12.6 Å². The van der Waals surface area contributed by atoms with Crippen LogP contribution in [0.4, 0.5) is 13.2 Å². The van der Waals surface area contributed by atoms with E-state index in [1.807, 2.05) is 13.8 Å². The van der Waals surface area contributed by atoms with E-state index in [1.54, 1.807) is 24.3 Å². The SMILES string of the molecule is C=P(O)(O)COc1cc(C)c(Cc2ccc(O)c(Oc3cccc(C(F)(F)F)c3)c2)c(C)c1. The van der Waals surface area contributed by atoms with Gasteiger partial charge in [-0.05, 0) is 91.3 Å². The number of aryl methyl sites for hydroxylation is 2. The maximum Gasteiger partial charge on any atom is 0.416 e. The molecular weight excluding hydrogens is 456 g/mol. The molecule has 9 heteroatoms. The second-order valence-corrected chi connectivity index (χ2v) is 9.81. The average molecular weight is 480 g/mol. The minimum Gasteiger partial charge on any atom is -0.504 e. The fraction of sp³-hybridized carbons (Fsp3) is 0.208. The third kappa shape index (κ3) is 6.78. The molecule has 0 aliphatic heterocycles. The smallest absolute Gasteiger partial charge is 0.416 e. The lowest BCUT2D eigenvalue weighted by Gasteiger charge is -2.16. The van der Waals surface area contributed by atoms with E-state index < -0.39 is 19.1 Å². The van der Waals surface area contributed by atoms with Crippen molar-refractivity contribution >= 4 is 13.6 Å². The second kappa shape index (κ2) is 9.51. The van der Waals surface area contributed by atoms with E-state index in [-0.39, 0.29) is 23.6 Å². The highest BCUT2D eigenvalue weighted by molar-refractivity contribution is 7.62. The van der Waals surface area contributed by atoms with Gasteiger partial charge in [0.15, 0.2) is 17.8 Å². The number of aromatic hydroxyl groups is 1. The Bertz CT molecular complexity index is 1180. The molecular formula is C24H24F3O5P. The van der Waals surface area contributed by atoms with Crippen LogP contribution >= 0.6 is 7.34 Å². The Morgan fingerprint density at radius 2 is 1.61 bits per heavy atom. The number of phenolic OH excluding ortho intramolecular Hbond substituents is 1. The lowest BCUT2D eigenvalue weighted by molar-refractivity contribution is -0.137. The van der Waals surface area contributed by atoms with Gasteiger partial charge < -0.3 is 24.4 Å². The number of rotatable bonds is 7. The molecule has 0 bridgehead atoms. The molecule has 0 radical (unpaired) electrons. The molecule has 3 aromatic carbocycles. The molecule has 0 spiro atoms. The second-order valence-electron chi connectivity index (χ2n) is 7.79. The van der Waals surface area contributed by atoms with E-state index in [0.29, 0.717) is 12.2 Å². The summed E-state index contributed by atoms with van der Waals surface area (Å²) in [6.45, 7) is 3.78. The summed E-state index contributed by atoms with van der Waals surface area (Å²) in [6.07, 6.45) is -1.03. The summed E-state index contributed by atoms with van der Waals surface area (Å²) in [5.74, 6) is 0.303. The third-order valence-electron chi connectivity index (χ3n) is 4.90. The molecule has 176 valence electrons. The van der Waals surface area contributed by atoms with Crippen molar-refractivity contribution in [3.8, 4) is 23.0 Å². The zero-order chi connectivity index (χ0) is 24.4. The van der Waals surface area contributed by atoms with Crippen LogP contribution in [0.15, 0.2) is 54.6 Å². The van der Waals surface area contributed by atoms with Gasteiger partial charge in [-0.15, -0.1) is 0 Å². The minimum atomic E-state index is -4.50. The zero-order valence-corrected chi connectivity index (χ0v) is 19.0. The molecule has 0 saturated heterocycles. The summed E-state index contributed by atoms with van der Waals surface area (Å²) in [6, 6.07) is 12.7. The summed E-state index contributed by atoms with van der Waals surface area (Å²) in [5.41, 5.74) is 2.74. The van der Waals surface area contributed by atoms with Crippen molar-refractivity contribution in [2.45, 2.75) is 26.4 Å². The molecule has 0 aromatic heterocycles. The lowest BCUT2D eigenvalue weighted by Crippen LogP contribution is -2.04. The molecule has 0 heterocycles. The van der Waals surface area contributed by atoms with E-state index in [0.717, 1.165) is 34.4 Å². The number of phenols is 1. The first kappa shape index (κ1) is 24.7. The van der Waals surface area contributed by atoms with Gasteiger partial charge in [-0.25, -0.2) is 0 Å². The quantitative estimate of drug-likeness (QED) is 0.361. The van der Waals surface area contributed by atoms with Gasteiger partial charge in [0.2, 0.25) is 0 Å². The number of benzene rings is 3. The normalized spacial score (nSPS) is 12.0. The van der Waals surface area contributed by atoms with Crippen molar-refractivity contribution < 1.29 is 37.5 Å². The highest BCUT2D eigenvalue weighted by Gasteiger charge is 2.30. The molecule has 0 amide bonds. The first-order valence-electron chi connectivity index (χ1n) is 9.90. The summed E-state index contributed by atoms with van der Waals surface area (Å²) in [7, 11) is -3.30. The monoisotopic (exact) mass is 480 g/mol. The maximum atomic E-state index is 13.0. The Morgan fingerprint density at radius 3 is 2.21 bits per heavy atom. The van der Waals surface area contributed by atoms with Gasteiger partial charge in [0.05, 0.1) is 5.56 Å². The zero-order valence-electron chi connectivity index (χ0n) is 18.1. The van der Waals surface area contributed by atoms with Crippen molar-refractivity contribution in [1.82, 2.24) is 0 Å². The number of halogens is 3. The molecule has 0 atom stereocenters. The Balaban J connectivity index is 1.82. The van der Waals surface area contributed by atoms with Gasteiger partial charge >= 0.3 is 6.18 Å². The Hall–Kier alpha value is -2.93. The van der Waals surface area contributed by atoms with Gasteiger partial charge in [0.1, 0.15) is 18.8 Å². The van der Waals surface area contributed by atoms with Gasteiger partial charge in [-0.1, -0.05) is 12.1 Å². The summed E-state index contributed by atoms with van der Waals surface area (Å²) in [5, 5.41) is 10.2. The molecule has 0 aliphatic rings. The Labute approximate surface area is 189 Å². The van der Waals surface area contributed by atoms with Crippen LogP contribution < -0.4 is 9.47 Å². The predicted octanol–water partition coefficient (Wildman–Crippen LogP) is 6.01. The maximum absolute atomic E-state index is 13.0. The summed E-state index contributed by atoms with van der Waals surface area (Å²) >= 11 is 0. The topological polar surface area (TPSA) is 79.2 Å². The van der Waals surface area contributed by atoms with Crippen LogP contribution in [0.2, 0.25) is 0 Å². The molecule has 0 fully saturated rings. The fourth-order valence-corrected chi connectivity index (χ4v) is 3.67. The van der Waals surface area contributed by atoms with Gasteiger partial charge in [-0.3, -0.25) is 0 Å². The molecule has 3 aromatic rings. The molecule has 3 rings (SSSR count). The predicted molar refractivity (Wildman–Crippen MR) is 122 cm³/mol. The largest absolute Gasteiger partial charge is 0.504 e. The minimum absolute atomic E-state index is 0.0387. The van der Waals surface area contributed by atoms with Gasteiger partial charge in [-0.2, -0.15) is 13.2 Å². The van der Waals surface area contributed by atoms with Crippen molar-refractivity contribution in [2.75, 3.05) is 6.35 Å². The summed E-state index contributed by atoms with van der Waals surface area (Å²) in [4.78, 5) is 18.8. The molecule has 33 heavy (non-hydrogen) atoms. The van der Waals surface area contributed by atoms with E-state index in [4.69, 9.17) is 9.47 Å². The Kier molecular flexibility index (Phi) is 7.12. The van der Waals surface area contributed by atoms with Gasteiger partial charge in [0, 0.05) is 0 Å². The van der Waals surface area contributed by atoms with E-state index in [9.17, 15) is 28.1 Å².